The van der Waals surface area contributed by atoms with Crippen LogP contribution in [0.25, 0.3) is 21.5 Å². The van der Waals surface area contributed by atoms with Crippen molar-refractivity contribution in [2.45, 2.75) is 29.4 Å². The Morgan fingerprint density at radius 2 is 1.10 bits per heavy atom. The smallest absolute Gasteiger partial charge is 0.397 e. The summed E-state index contributed by atoms with van der Waals surface area (Å²) in [5.41, 5.74) is -3.77. The van der Waals surface area contributed by atoms with E-state index in [1.54, 1.807) is 0 Å². The summed E-state index contributed by atoms with van der Waals surface area (Å²) in [4.78, 5) is 3.97. The van der Waals surface area contributed by atoms with Crippen LogP contribution in [0.2, 0.25) is 5.28 Å². The van der Waals surface area contributed by atoms with Crippen LogP contribution in [0.4, 0.5) is 34.6 Å². The highest BCUT2D eigenvalue weighted by molar-refractivity contribution is 7.91. The molecule has 6 rings (SSSR count). The average Bonchev–Trinajstić information content (AvgIpc) is 3.17. The molecule has 38 heteroatoms. The molecule has 0 fully saturated rings. The van der Waals surface area contributed by atoms with Gasteiger partial charge in [-0.3, -0.25) is 27.3 Å². The Hall–Kier alpha value is -5.91. The molecule has 0 saturated heterocycles. The van der Waals surface area contributed by atoms with Crippen LogP contribution in [0.15, 0.2) is 100 Å². The number of phenols is 2. The molecule has 0 amide bonds. The van der Waals surface area contributed by atoms with Crippen molar-refractivity contribution in [3.63, 3.8) is 0 Å². The van der Waals surface area contributed by atoms with E-state index in [2.05, 4.69) is 40.0 Å². The molecule has 0 spiro atoms. The summed E-state index contributed by atoms with van der Waals surface area (Å²) in [7, 11) is -37.0. The van der Waals surface area contributed by atoms with Crippen LogP contribution in [-0.2, 0) is 75.0 Å². The first-order chi connectivity index (χ1) is 31.5. The molecular weight excluding hydrogens is 1100 g/mol. The van der Waals surface area contributed by atoms with Crippen molar-refractivity contribution < 1.29 is 101 Å². The number of nitrogens with one attached hydrogen (secondary N) is 2. The minimum absolute atomic E-state index is 0.260. The number of sulfone groups is 1. The predicted molar refractivity (Wildman–Crippen MR) is 232 cm³/mol. The lowest BCUT2D eigenvalue weighted by atomic mass is 10.1. The fraction of sp³-hybridized carbons (Fsp3) is 0.0645. The van der Waals surface area contributed by atoms with Crippen LogP contribution in [0, 0.1) is 0 Å². The number of aromatic hydroxyl groups is 2. The van der Waals surface area contributed by atoms with E-state index in [9.17, 15) is 91.9 Å². The van der Waals surface area contributed by atoms with E-state index >= 15 is 0 Å². The van der Waals surface area contributed by atoms with Crippen LogP contribution in [-0.4, -0.2) is 124 Å². The minimum Gasteiger partial charge on any atom is -0.505 e. The maximum atomic E-state index is 13.0. The van der Waals surface area contributed by atoms with Gasteiger partial charge in [-0.2, -0.15) is 65.5 Å². The Morgan fingerprint density at radius 3 is 1.65 bits per heavy atom. The van der Waals surface area contributed by atoms with Gasteiger partial charge in [0, 0.05) is 21.5 Å². The Labute approximate surface area is 392 Å². The predicted octanol–water partition coefficient (Wildman–Crippen LogP) is 2.97. The second kappa shape index (κ2) is 18.1. The van der Waals surface area contributed by atoms with E-state index in [-0.39, 0.29) is 6.07 Å². The number of nitrogens with zero attached hydrogens (tertiary/aromatic N) is 5. The lowest BCUT2D eigenvalue weighted by Gasteiger charge is -2.16. The number of fused-ring (bicyclic) bond motifs is 2. The van der Waals surface area contributed by atoms with E-state index in [4.69, 9.17) is 16.2 Å². The fourth-order valence-corrected chi connectivity index (χ4v) is 11.6. The lowest BCUT2D eigenvalue weighted by molar-refractivity contribution is 0.284. The van der Waals surface area contributed by atoms with Gasteiger partial charge in [0.05, 0.1) is 28.6 Å². The monoisotopic (exact) mass is 1120 g/mol. The molecule has 0 bridgehead atoms. The second-order valence-electron chi connectivity index (χ2n) is 13.3. The summed E-state index contributed by atoms with van der Waals surface area (Å²) in [5, 5.41) is 30.1. The van der Waals surface area contributed by atoms with Crippen LogP contribution < -0.4 is 10.6 Å². The minimum atomic E-state index is -5.64. The van der Waals surface area contributed by atoms with Crippen molar-refractivity contribution >= 4 is 139 Å². The average molecular weight is 1120 g/mol. The Balaban J connectivity index is 1.47. The van der Waals surface area contributed by atoms with E-state index in [1.807, 2.05) is 0 Å². The molecule has 0 aliphatic rings. The van der Waals surface area contributed by atoms with Gasteiger partial charge in [0.25, 0.3) is 50.6 Å². The van der Waals surface area contributed by atoms with Crippen molar-refractivity contribution in [1.29, 1.82) is 0 Å². The molecular formula is C31H24ClN7O23S7. The third-order valence-electron chi connectivity index (χ3n) is 8.84. The molecule has 6 aromatic rings. The van der Waals surface area contributed by atoms with Crippen LogP contribution in [0.1, 0.15) is 0 Å². The Morgan fingerprint density at radius 1 is 0.536 bits per heavy atom. The Kier molecular flexibility index (Phi) is 13.8. The van der Waals surface area contributed by atoms with Crippen molar-refractivity contribution in [2.75, 3.05) is 23.0 Å². The zero-order chi connectivity index (χ0) is 51.6. The number of azo groups is 1. The highest BCUT2D eigenvalue weighted by Gasteiger charge is 2.30. The maximum absolute atomic E-state index is 13.0. The molecule has 1 heterocycles. The first-order valence-corrected chi connectivity index (χ1v) is 27.9. The quantitative estimate of drug-likeness (QED) is 0.0378. The van der Waals surface area contributed by atoms with Gasteiger partial charge in [0.2, 0.25) is 17.2 Å². The molecule has 0 unspecified atom stereocenters. The summed E-state index contributed by atoms with van der Waals surface area (Å²) in [6.07, 6.45) is 0. The third kappa shape index (κ3) is 11.6. The topological polar surface area (TPSA) is 498 Å². The van der Waals surface area contributed by atoms with Gasteiger partial charge in [0.15, 0.2) is 21.3 Å². The number of anilines is 4. The molecule has 5 aromatic carbocycles. The van der Waals surface area contributed by atoms with Crippen molar-refractivity contribution in [2.24, 2.45) is 10.2 Å². The molecule has 0 saturated carbocycles. The molecule has 0 aliphatic heterocycles. The number of phenolic OH excluding ortho intramolecular Hbond substituents is 2. The fourth-order valence-electron chi connectivity index (χ4n) is 6.15. The molecule has 69 heavy (non-hydrogen) atoms. The largest absolute Gasteiger partial charge is 0.505 e. The number of halogens is 1. The summed E-state index contributed by atoms with van der Waals surface area (Å²) in [6, 6.07) is 7.24. The molecule has 0 radical (unpaired) electrons. The number of hydrogen-bond donors (Lipinski definition) is 10. The first-order valence-electron chi connectivity index (χ1n) is 17.3. The summed E-state index contributed by atoms with van der Waals surface area (Å²) < 4.78 is 235. The summed E-state index contributed by atoms with van der Waals surface area (Å²) in [6.45, 7) is -1.20. The number of aromatic nitrogens is 3. The molecule has 10 N–H and O–H groups in total. The molecule has 1 aromatic heterocycles. The van der Waals surface area contributed by atoms with Crippen LogP contribution in [0.5, 0.6) is 11.5 Å². The zero-order valence-electron chi connectivity index (χ0n) is 32.9. The van der Waals surface area contributed by atoms with Crippen molar-refractivity contribution in [1.82, 2.24) is 15.0 Å². The van der Waals surface area contributed by atoms with Crippen molar-refractivity contribution in [3.8, 4) is 11.5 Å². The van der Waals surface area contributed by atoms with Crippen LogP contribution in [0.3, 0.4) is 0 Å². The van der Waals surface area contributed by atoms with E-state index < -0.39 is 186 Å². The first kappa shape index (κ1) is 52.5. The van der Waals surface area contributed by atoms with E-state index in [0.717, 1.165) is 42.5 Å². The van der Waals surface area contributed by atoms with Crippen LogP contribution >= 0.6 is 11.6 Å². The molecule has 0 atom stereocenters. The standard InChI is InChI=1S/C31H24ClN7O23S7/c32-29-35-30(37-31(36-29)34-20-10-13(11-23(26(20)41)66(50,51)52)63(42,43)9-8-62-69(59,60)61)33-18-6-5-15-17(28(18)68(56,57)58)12-22(65(47,48)49)24(25(15)40)39-38-19-7-4-14-16(27(19)67(53,54)55)2-1-3-21(14)64(44,45)46/h1-7,10-12,40-41H,8-9H2,(H,44,45,46)(H,47,48,49)(H,50,51,52)(H,53,54,55)(H,56,57,58)(H,59,60,61)(H2,33,34,35,36,37)/b39-38+. The normalized spacial score (nSPS) is 13.3. The second-order valence-corrected chi connectivity index (χ2v) is 23.8. The van der Waals surface area contributed by atoms with Gasteiger partial charge in [-0.25, -0.2) is 12.6 Å². The lowest BCUT2D eigenvalue weighted by Crippen LogP contribution is -2.16. The highest BCUT2D eigenvalue weighted by atomic mass is 35.5. The number of rotatable bonds is 16. The SMILES string of the molecule is O=S(=O)(O)OCCS(=O)(=O)c1cc(Nc2nc(Cl)nc(Nc3ccc4c(O)c(/N=N/c5ccc6c(S(=O)(=O)O)cccc6c5S(=O)(=O)O)c(S(=O)(=O)O)cc4c3S(=O)(=O)O)n2)c(O)c(S(=O)(=O)O)c1. The van der Waals surface area contributed by atoms with Gasteiger partial charge in [-0.1, -0.05) is 18.2 Å². The van der Waals surface area contributed by atoms with Gasteiger partial charge in [-0.15, -0.1) is 10.2 Å². The molecule has 370 valence electrons. The summed E-state index contributed by atoms with van der Waals surface area (Å²) in [5.74, 6) is -5.59. The van der Waals surface area contributed by atoms with Gasteiger partial charge >= 0.3 is 10.4 Å². The van der Waals surface area contributed by atoms with Gasteiger partial charge < -0.3 is 20.8 Å². The van der Waals surface area contributed by atoms with Gasteiger partial charge in [0.1, 0.15) is 35.9 Å². The summed E-state index contributed by atoms with van der Waals surface area (Å²) >= 11 is 6.00. The third-order valence-corrected chi connectivity index (χ3v) is 15.7. The van der Waals surface area contributed by atoms with E-state index in [1.165, 1.54) is 0 Å². The number of hydrogen-bond acceptors (Lipinski definition) is 24. The molecule has 0 aliphatic carbocycles. The number of benzene rings is 5. The Bertz CT molecular complexity index is 4050. The van der Waals surface area contributed by atoms with E-state index in [0.29, 0.717) is 12.1 Å². The molecule has 30 nitrogen and oxygen atoms in total. The zero-order valence-corrected chi connectivity index (χ0v) is 39.3. The maximum Gasteiger partial charge on any atom is 0.397 e. The van der Waals surface area contributed by atoms with Crippen molar-refractivity contribution in [3.05, 3.63) is 65.9 Å². The highest BCUT2D eigenvalue weighted by Crippen LogP contribution is 2.46. The van der Waals surface area contributed by atoms with Gasteiger partial charge in [-0.05, 0) is 54.1 Å².